The van der Waals surface area contributed by atoms with E-state index in [0.717, 1.165) is 23.7 Å². The van der Waals surface area contributed by atoms with Gasteiger partial charge in [0.15, 0.2) is 0 Å². The van der Waals surface area contributed by atoms with E-state index in [1.54, 1.807) is 12.8 Å². The predicted molar refractivity (Wildman–Crippen MR) is 59.2 cm³/mol. The van der Waals surface area contributed by atoms with Gasteiger partial charge in [0.05, 0.1) is 0 Å². The SMILES string of the molecule is CCCCC1C2CC3CC1CN(C3)C2. The van der Waals surface area contributed by atoms with Crippen LogP contribution >= 0.6 is 0 Å². The number of hydrogen-bond acceptors (Lipinski definition) is 1. The normalized spacial score (nSPS) is 49.9. The minimum Gasteiger partial charge on any atom is -0.302 e. The molecule has 2 atom stereocenters. The van der Waals surface area contributed by atoms with E-state index >= 15 is 0 Å². The summed E-state index contributed by atoms with van der Waals surface area (Å²) in [5, 5.41) is 0. The highest BCUT2D eigenvalue weighted by Gasteiger charge is 2.46. The number of rotatable bonds is 3. The zero-order valence-electron chi connectivity index (χ0n) is 9.41. The molecular weight excluding hydrogens is 170 g/mol. The van der Waals surface area contributed by atoms with Crippen molar-refractivity contribution < 1.29 is 0 Å². The van der Waals surface area contributed by atoms with Crippen LogP contribution in [0, 0.1) is 23.7 Å². The first-order chi connectivity index (χ1) is 6.86. The van der Waals surface area contributed by atoms with Crippen molar-refractivity contribution in [3.63, 3.8) is 0 Å². The van der Waals surface area contributed by atoms with E-state index in [-0.39, 0.29) is 0 Å². The fourth-order valence-electron chi connectivity index (χ4n) is 4.42. The molecule has 0 aromatic heterocycles. The van der Waals surface area contributed by atoms with Crippen LogP contribution in [0.5, 0.6) is 0 Å². The molecule has 4 fully saturated rings. The summed E-state index contributed by atoms with van der Waals surface area (Å²) in [5.41, 5.74) is 0. The van der Waals surface area contributed by atoms with Crippen LogP contribution in [0.4, 0.5) is 0 Å². The first-order valence-electron chi connectivity index (χ1n) is 6.59. The van der Waals surface area contributed by atoms with Gasteiger partial charge in [-0.05, 0) is 42.9 Å². The Morgan fingerprint density at radius 3 is 2.36 bits per heavy atom. The molecule has 0 amide bonds. The Morgan fingerprint density at radius 2 is 1.79 bits per heavy atom. The van der Waals surface area contributed by atoms with Crippen molar-refractivity contribution in [2.45, 2.75) is 39.0 Å². The Balaban J connectivity index is 1.69. The number of nitrogens with zero attached hydrogens (tertiary/aromatic N) is 1. The van der Waals surface area contributed by atoms with Crippen LogP contribution in [0.25, 0.3) is 0 Å². The fraction of sp³-hybridized carbons (Fsp3) is 1.00. The Bertz CT molecular complexity index is 183. The molecular formula is C13H23N. The summed E-state index contributed by atoms with van der Waals surface area (Å²) in [7, 11) is 0. The van der Waals surface area contributed by atoms with Crippen molar-refractivity contribution in [2.24, 2.45) is 23.7 Å². The Hall–Kier alpha value is -0.0400. The van der Waals surface area contributed by atoms with Gasteiger partial charge in [0, 0.05) is 19.6 Å². The lowest BCUT2D eigenvalue weighted by Crippen LogP contribution is -2.57. The third kappa shape index (κ3) is 1.41. The molecule has 1 saturated carbocycles. The van der Waals surface area contributed by atoms with Crippen LogP contribution in [-0.4, -0.2) is 24.5 Å². The average molecular weight is 193 g/mol. The fourth-order valence-corrected chi connectivity index (χ4v) is 4.42. The molecule has 14 heavy (non-hydrogen) atoms. The first kappa shape index (κ1) is 9.21. The van der Waals surface area contributed by atoms with Gasteiger partial charge in [-0.15, -0.1) is 0 Å². The van der Waals surface area contributed by atoms with Crippen molar-refractivity contribution in [1.82, 2.24) is 4.90 Å². The zero-order chi connectivity index (χ0) is 9.54. The van der Waals surface area contributed by atoms with Crippen molar-refractivity contribution in [2.75, 3.05) is 19.6 Å². The van der Waals surface area contributed by atoms with Crippen molar-refractivity contribution >= 4 is 0 Å². The summed E-state index contributed by atoms with van der Waals surface area (Å²) in [6.45, 7) is 6.66. The second-order valence-corrected chi connectivity index (χ2v) is 5.88. The number of hydrogen-bond donors (Lipinski definition) is 0. The lowest BCUT2D eigenvalue weighted by atomic mass is 9.61. The first-order valence-corrected chi connectivity index (χ1v) is 6.59. The van der Waals surface area contributed by atoms with E-state index in [2.05, 4.69) is 11.8 Å². The summed E-state index contributed by atoms with van der Waals surface area (Å²) in [5.74, 6) is 4.38. The molecule has 3 aliphatic heterocycles. The van der Waals surface area contributed by atoms with Crippen LogP contribution in [-0.2, 0) is 0 Å². The van der Waals surface area contributed by atoms with E-state index < -0.39 is 0 Å². The summed E-state index contributed by atoms with van der Waals surface area (Å²) in [6.07, 6.45) is 7.54. The topological polar surface area (TPSA) is 3.24 Å². The molecule has 2 unspecified atom stereocenters. The minimum atomic E-state index is 1.09. The highest BCUT2D eigenvalue weighted by atomic mass is 15.2. The third-order valence-electron chi connectivity index (χ3n) is 4.88. The Labute approximate surface area is 87.9 Å². The lowest BCUT2D eigenvalue weighted by molar-refractivity contribution is -0.0672. The minimum absolute atomic E-state index is 1.09. The monoisotopic (exact) mass is 193 g/mol. The molecule has 1 nitrogen and oxygen atoms in total. The molecule has 3 heterocycles. The van der Waals surface area contributed by atoms with Gasteiger partial charge in [0.2, 0.25) is 0 Å². The van der Waals surface area contributed by atoms with Crippen LogP contribution in [0.3, 0.4) is 0 Å². The highest BCUT2D eigenvalue weighted by Crippen LogP contribution is 2.48. The largest absolute Gasteiger partial charge is 0.302 e. The van der Waals surface area contributed by atoms with E-state index in [9.17, 15) is 0 Å². The zero-order valence-corrected chi connectivity index (χ0v) is 9.41. The third-order valence-corrected chi connectivity index (χ3v) is 4.88. The predicted octanol–water partition coefficient (Wildman–Crippen LogP) is 2.76. The van der Waals surface area contributed by atoms with Crippen LogP contribution in [0.1, 0.15) is 39.0 Å². The molecule has 0 spiro atoms. The second-order valence-electron chi connectivity index (χ2n) is 5.88. The van der Waals surface area contributed by atoms with Gasteiger partial charge in [0.1, 0.15) is 0 Å². The molecule has 4 aliphatic rings. The summed E-state index contributed by atoms with van der Waals surface area (Å²) >= 11 is 0. The molecule has 80 valence electrons. The summed E-state index contributed by atoms with van der Waals surface area (Å²) < 4.78 is 0. The van der Waals surface area contributed by atoms with Crippen LogP contribution < -0.4 is 0 Å². The van der Waals surface area contributed by atoms with Gasteiger partial charge in [-0.1, -0.05) is 19.8 Å². The summed E-state index contributed by atoms with van der Waals surface area (Å²) in [6, 6.07) is 0. The van der Waals surface area contributed by atoms with E-state index in [0.29, 0.717) is 0 Å². The van der Waals surface area contributed by atoms with E-state index in [4.69, 9.17) is 0 Å². The van der Waals surface area contributed by atoms with Gasteiger partial charge in [-0.3, -0.25) is 0 Å². The standard InChI is InChI=1S/C13H23N/c1-2-3-4-13-11-5-10-6-12(13)9-14(7-10)8-11/h10-13H,2-9H2,1H3. The molecule has 1 aliphatic carbocycles. The van der Waals surface area contributed by atoms with Gasteiger partial charge >= 0.3 is 0 Å². The molecule has 0 radical (unpaired) electrons. The summed E-state index contributed by atoms with van der Waals surface area (Å²) in [4.78, 5) is 2.75. The molecule has 0 aromatic carbocycles. The number of piperidine rings is 3. The average Bonchev–Trinajstić information content (AvgIpc) is 2.15. The maximum Gasteiger partial charge on any atom is 0.00128 e. The highest BCUT2D eigenvalue weighted by molar-refractivity contribution is 4.98. The molecule has 0 aromatic rings. The quantitative estimate of drug-likeness (QED) is 0.666. The molecule has 3 saturated heterocycles. The maximum absolute atomic E-state index is 2.75. The van der Waals surface area contributed by atoms with Crippen LogP contribution in [0.2, 0.25) is 0 Å². The van der Waals surface area contributed by atoms with Crippen molar-refractivity contribution in [3.05, 3.63) is 0 Å². The molecule has 0 N–H and O–H groups in total. The smallest absolute Gasteiger partial charge is 0.00128 e. The van der Waals surface area contributed by atoms with Gasteiger partial charge < -0.3 is 4.90 Å². The van der Waals surface area contributed by atoms with Gasteiger partial charge in [-0.2, -0.15) is 0 Å². The number of unbranched alkanes of at least 4 members (excludes halogenated alkanes) is 1. The van der Waals surface area contributed by atoms with Crippen molar-refractivity contribution in [1.29, 1.82) is 0 Å². The van der Waals surface area contributed by atoms with Crippen LogP contribution in [0.15, 0.2) is 0 Å². The van der Waals surface area contributed by atoms with Gasteiger partial charge in [0.25, 0.3) is 0 Å². The van der Waals surface area contributed by atoms with Crippen molar-refractivity contribution in [3.8, 4) is 0 Å². The molecule has 4 bridgehead atoms. The molecule has 4 rings (SSSR count). The maximum atomic E-state index is 2.75. The molecule has 1 heteroatoms. The second kappa shape index (κ2) is 3.52. The van der Waals surface area contributed by atoms with E-state index in [1.165, 1.54) is 38.9 Å². The lowest BCUT2D eigenvalue weighted by Gasteiger charge is -2.56. The Kier molecular flexibility index (Phi) is 2.31. The Morgan fingerprint density at radius 1 is 1.07 bits per heavy atom. The van der Waals surface area contributed by atoms with E-state index in [1.807, 2.05) is 0 Å². The van der Waals surface area contributed by atoms with Gasteiger partial charge in [-0.25, -0.2) is 0 Å².